The number of carbonyl (C=O) groups excluding carboxylic acids is 1. The monoisotopic (exact) mass is 330 g/mol. The zero-order chi connectivity index (χ0) is 17.4. The Morgan fingerprint density at radius 3 is 2.17 bits per heavy atom. The van der Waals surface area contributed by atoms with Gasteiger partial charge < -0.3 is 19.5 Å². The highest BCUT2D eigenvalue weighted by Crippen LogP contribution is 2.38. The third-order valence-electron chi connectivity index (χ3n) is 3.60. The predicted octanol–water partition coefficient (Wildman–Crippen LogP) is 2.36. The molecule has 0 aliphatic rings. The molecule has 1 aromatic heterocycles. The number of methoxy groups -OCH3 is 3. The first-order valence-electron chi connectivity index (χ1n) is 7.62. The van der Waals surface area contributed by atoms with Crippen LogP contribution in [-0.4, -0.2) is 32.2 Å². The van der Waals surface area contributed by atoms with Gasteiger partial charge in [0.15, 0.2) is 11.5 Å². The normalized spacial score (nSPS) is 10.1. The van der Waals surface area contributed by atoms with Gasteiger partial charge >= 0.3 is 0 Å². The van der Waals surface area contributed by atoms with Crippen LogP contribution in [0.15, 0.2) is 36.7 Å². The molecule has 0 bridgehead atoms. The lowest BCUT2D eigenvalue weighted by atomic mass is 10.1. The van der Waals surface area contributed by atoms with Gasteiger partial charge in [0.25, 0.3) is 0 Å². The van der Waals surface area contributed by atoms with Crippen LogP contribution in [0, 0.1) is 0 Å². The number of hydrogen-bond acceptors (Lipinski definition) is 5. The van der Waals surface area contributed by atoms with Gasteiger partial charge in [-0.2, -0.15) is 0 Å². The van der Waals surface area contributed by atoms with Crippen LogP contribution in [0.5, 0.6) is 17.2 Å². The highest BCUT2D eigenvalue weighted by Gasteiger charge is 2.13. The van der Waals surface area contributed by atoms with Crippen molar-refractivity contribution < 1.29 is 19.0 Å². The van der Waals surface area contributed by atoms with Crippen LogP contribution in [0.2, 0.25) is 0 Å². The Kier molecular flexibility index (Phi) is 6.42. The molecule has 24 heavy (non-hydrogen) atoms. The van der Waals surface area contributed by atoms with Gasteiger partial charge in [0.2, 0.25) is 11.7 Å². The van der Waals surface area contributed by atoms with E-state index in [1.54, 1.807) is 33.7 Å². The first-order chi connectivity index (χ1) is 11.7. The van der Waals surface area contributed by atoms with Gasteiger partial charge in [-0.05, 0) is 41.8 Å². The highest BCUT2D eigenvalue weighted by molar-refractivity contribution is 5.76. The maximum absolute atomic E-state index is 12.0. The molecular weight excluding hydrogens is 308 g/mol. The highest BCUT2D eigenvalue weighted by atomic mass is 16.5. The summed E-state index contributed by atoms with van der Waals surface area (Å²) in [5.74, 6) is 1.71. The molecule has 0 radical (unpaired) electrons. The van der Waals surface area contributed by atoms with Crippen molar-refractivity contribution in [1.82, 2.24) is 10.3 Å². The molecule has 0 aliphatic carbocycles. The van der Waals surface area contributed by atoms with Gasteiger partial charge in [0.1, 0.15) is 0 Å². The van der Waals surface area contributed by atoms with E-state index in [2.05, 4.69) is 10.3 Å². The average Bonchev–Trinajstić information content (AvgIpc) is 2.64. The summed E-state index contributed by atoms with van der Waals surface area (Å²) in [5, 5.41) is 2.90. The third-order valence-corrected chi connectivity index (χ3v) is 3.60. The molecule has 0 unspecified atom stereocenters. The number of nitrogens with zero attached hydrogens (tertiary/aromatic N) is 1. The number of rotatable bonds is 8. The largest absolute Gasteiger partial charge is 0.493 e. The Morgan fingerprint density at radius 2 is 1.62 bits per heavy atom. The summed E-state index contributed by atoms with van der Waals surface area (Å²) in [6.07, 6.45) is 4.37. The number of nitrogens with one attached hydrogen (secondary N) is 1. The Bertz CT molecular complexity index is 649. The molecule has 0 atom stereocenters. The molecule has 1 heterocycles. The van der Waals surface area contributed by atoms with Gasteiger partial charge in [-0.25, -0.2) is 0 Å². The van der Waals surface area contributed by atoms with Crippen molar-refractivity contribution >= 4 is 5.91 Å². The van der Waals surface area contributed by atoms with Crippen LogP contribution >= 0.6 is 0 Å². The molecule has 0 fully saturated rings. The first kappa shape index (κ1) is 17.6. The number of amides is 1. The Balaban J connectivity index is 1.94. The van der Waals surface area contributed by atoms with Crippen molar-refractivity contribution in [3.8, 4) is 17.2 Å². The zero-order valence-electron chi connectivity index (χ0n) is 14.2. The lowest BCUT2D eigenvalue weighted by Crippen LogP contribution is -2.23. The maximum atomic E-state index is 12.0. The van der Waals surface area contributed by atoms with Crippen molar-refractivity contribution in [2.45, 2.75) is 19.4 Å². The van der Waals surface area contributed by atoms with Crippen LogP contribution in [0.1, 0.15) is 17.5 Å². The van der Waals surface area contributed by atoms with Crippen LogP contribution in [0.4, 0.5) is 0 Å². The van der Waals surface area contributed by atoms with Gasteiger partial charge in [-0.15, -0.1) is 0 Å². The summed E-state index contributed by atoms with van der Waals surface area (Å²) >= 11 is 0. The second-order valence-corrected chi connectivity index (χ2v) is 5.17. The topological polar surface area (TPSA) is 69.7 Å². The number of ether oxygens (including phenoxy) is 3. The smallest absolute Gasteiger partial charge is 0.220 e. The molecule has 0 saturated carbocycles. The minimum Gasteiger partial charge on any atom is -0.493 e. The van der Waals surface area contributed by atoms with Crippen molar-refractivity contribution in [3.05, 3.63) is 47.8 Å². The number of carbonyl (C=O) groups is 1. The molecule has 1 amide bonds. The van der Waals surface area contributed by atoms with Crippen LogP contribution in [0.3, 0.4) is 0 Å². The van der Waals surface area contributed by atoms with Crippen LogP contribution in [0.25, 0.3) is 0 Å². The molecule has 0 spiro atoms. The van der Waals surface area contributed by atoms with E-state index in [1.165, 1.54) is 0 Å². The van der Waals surface area contributed by atoms with Crippen molar-refractivity contribution in [3.63, 3.8) is 0 Å². The van der Waals surface area contributed by atoms with E-state index in [4.69, 9.17) is 14.2 Å². The summed E-state index contributed by atoms with van der Waals surface area (Å²) in [6, 6.07) is 7.47. The van der Waals surface area contributed by atoms with E-state index in [-0.39, 0.29) is 5.91 Å². The van der Waals surface area contributed by atoms with Gasteiger partial charge in [0, 0.05) is 25.4 Å². The van der Waals surface area contributed by atoms with Crippen LogP contribution in [-0.2, 0) is 17.8 Å². The number of pyridine rings is 1. The number of benzene rings is 1. The van der Waals surface area contributed by atoms with Crippen molar-refractivity contribution in [2.24, 2.45) is 0 Å². The van der Waals surface area contributed by atoms with E-state index < -0.39 is 0 Å². The fraction of sp³-hybridized carbons (Fsp3) is 0.333. The number of hydrogen-bond donors (Lipinski definition) is 1. The zero-order valence-corrected chi connectivity index (χ0v) is 14.2. The summed E-state index contributed by atoms with van der Waals surface area (Å²) in [4.78, 5) is 16.0. The second-order valence-electron chi connectivity index (χ2n) is 5.17. The van der Waals surface area contributed by atoms with E-state index in [0.29, 0.717) is 36.6 Å². The summed E-state index contributed by atoms with van der Waals surface area (Å²) in [6.45, 7) is 0.497. The molecule has 128 valence electrons. The lowest BCUT2D eigenvalue weighted by molar-refractivity contribution is -0.121. The second kappa shape index (κ2) is 8.76. The maximum Gasteiger partial charge on any atom is 0.220 e. The Labute approximate surface area is 141 Å². The predicted molar refractivity (Wildman–Crippen MR) is 90.5 cm³/mol. The first-order valence-corrected chi connectivity index (χ1v) is 7.62. The minimum atomic E-state index is -0.0134. The summed E-state index contributed by atoms with van der Waals surface area (Å²) in [7, 11) is 4.71. The van der Waals surface area contributed by atoms with Gasteiger partial charge in [-0.3, -0.25) is 9.78 Å². The standard InChI is InChI=1S/C18H22N2O4/c1-22-15-10-14(11-16(23-2)18(15)24-3)4-5-17(21)20-12-13-6-8-19-9-7-13/h6-11H,4-5,12H2,1-3H3,(H,20,21). The molecule has 6 nitrogen and oxygen atoms in total. The Morgan fingerprint density at radius 1 is 1.00 bits per heavy atom. The minimum absolute atomic E-state index is 0.0134. The van der Waals surface area contributed by atoms with Crippen molar-refractivity contribution in [1.29, 1.82) is 0 Å². The van der Waals surface area contributed by atoms with E-state index >= 15 is 0 Å². The van der Waals surface area contributed by atoms with Crippen LogP contribution < -0.4 is 19.5 Å². The number of aromatic nitrogens is 1. The van der Waals surface area contributed by atoms with E-state index in [0.717, 1.165) is 11.1 Å². The molecule has 0 aliphatic heterocycles. The molecule has 0 saturated heterocycles. The fourth-order valence-corrected chi connectivity index (χ4v) is 2.33. The fourth-order valence-electron chi connectivity index (χ4n) is 2.33. The molecule has 1 N–H and O–H groups in total. The number of aryl methyl sites for hydroxylation is 1. The molecule has 2 rings (SSSR count). The quantitative estimate of drug-likeness (QED) is 0.804. The lowest BCUT2D eigenvalue weighted by Gasteiger charge is -2.14. The molecular formula is C18H22N2O4. The molecule has 6 heteroatoms. The van der Waals surface area contributed by atoms with Gasteiger partial charge in [-0.1, -0.05) is 0 Å². The molecule has 1 aromatic carbocycles. The van der Waals surface area contributed by atoms with E-state index in [9.17, 15) is 4.79 Å². The Hall–Kier alpha value is -2.76. The third kappa shape index (κ3) is 4.62. The summed E-state index contributed by atoms with van der Waals surface area (Å²) < 4.78 is 15.9. The average molecular weight is 330 g/mol. The van der Waals surface area contributed by atoms with Crippen molar-refractivity contribution in [2.75, 3.05) is 21.3 Å². The van der Waals surface area contributed by atoms with E-state index in [1.807, 2.05) is 24.3 Å². The molecule has 2 aromatic rings. The summed E-state index contributed by atoms with van der Waals surface area (Å²) in [5.41, 5.74) is 1.97. The SMILES string of the molecule is COc1cc(CCC(=O)NCc2ccncc2)cc(OC)c1OC. The van der Waals surface area contributed by atoms with Gasteiger partial charge in [0.05, 0.1) is 21.3 Å².